The second kappa shape index (κ2) is 6.12. The van der Waals surface area contributed by atoms with Gasteiger partial charge in [0.1, 0.15) is 0 Å². The van der Waals surface area contributed by atoms with E-state index >= 15 is 0 Å². The molecular formula is C12H19N3O3S. The number of thiazole rings is 1. The monoisotopic (exact) mass is 285 g/mol. The summed E-state index contributed by atoms with van der Waals surface area (Å²) in [5, 5.41) is 13.6. The maximum absolute atomic E-state index is 11.7. The third-order valence-electron chi connectivity index (χ3n) is 2.62. The molecule has 1 aromatic rings. The average molecular weight is 285 g/mol. The summed E-state index contributed by atoms with van der Waals surface area (Å²) in [6.45, 7) is 6.10. The Labute approximate surface area is 116 Å². The van der Waals surface area contributed by atoms with Crippen LogP contribution in [0, 0.1) is 5.41 Å². The lowest BCUT2D eigenvalue weighted by molar-refractivity contribution is -0.124. The number of carboxylic acid groups (broad SMARTS) is 1. The quantitative estimate of drug-likeness (QED) is 0.744. The number of amides is 1. The number of rotatable bonds is 5. The van der Waals surface area contributed by atoms with E-state index in [0.717, 1.165) is 0 Å². The molecule has 0 fully saturated rings. The van der Waals surface area contributed by atoms with Gasteiger partial charge in [0.2, 0.25) is 5.91 Å². The molecule has 0 saturated heterocycles. The van der Waals surface area contributed by atoms with E-state index in [1.54, 1.807) is 0 Å². The van der Waals surface area contributed by atoms with Gasteiger partial charge in [0.05, 0.1) is 11.0 Å². The number of nitrogens with one attached hydrogen (secondary N) is 1. The van der Waals surface area contributed by atoms with Crippen molar-refractivity contribution < 1.29 is 14.7 Å². The SMILES string of the molecule is CC(C)(C)C(N)C(=O)NCCc1nc(C(=O)O)cs1. The van der Waals surface area contributed by atoms with Crippen LogP contribution >= 0.6 is 11.3 Å². The molecule has 1 amide bonds. The highest BCUT2D eigenvalue weighted by Crippen LogP contribution is 2.17. The van der Waals surface area contributed by atoms with Gasteiger partial charge in [-0.2, -0.15) is 0 Å². The molecule has 6 nitrogen and oxygen atoms in total. The number of nitrogens with zero attached hydrogens (tertiary/aromatic N) is 1. The van der Waals surface area contributed by atoms with Gasteiger partial charge in [-0.05, 0) is 5.41 Å². The fourth-order valence-corrected chi connectivity index (χ4v) is 2.09. The Hall–Kier alpha value is -1.47. The van der Waals surface area contributed by atoms with Crippen LogP contribution in [-0.2, 0) is 11.2 Å². The second-order valence-electron chi connectivity index (χ2n) is 5.32. The van der Waals surface area contributed by atoms with Gasteiger partial charge in [-0.1, -0.05) is 20.8 Å². The summed E-state index contributed by atoms with van der Waals surface area (Å²) in [6.07, 6.45) is 0.501. The van der Waals surface area contributed by atoms with E-state index in [2.05, 4.69) is 10.3 Å². The minimum Gasteiger partial charge on any atom is -0.476 e. The van der Waals surface area contributed by atoms with Crippen LogP contribution in [0.25, 0.3) is 0 Å². The maximum Gasteiger partial charge on any atom is 0.355 e. The summed E-state index contributed by atoms with van der Waals surface area (Å²) in [5.74, 6) is -1.25. The summed E-state index contributed by atoms with van der Waals surface area (Å²) in [6, 6.07) is -0.571. The van der Waals surface area contributed by atoms with Crippen molar-refractivity contribution in [1.29, 1.82) is 0 Å². The van der Waals surface area contributed by atoms with Gasteiger partial charge in [0.25, 0.3) is 0 Å². The van der Waals surface area contributed by atoms with Crippen molar-refractivity contribution in [1.82, 2.24) is 10.3 Å². The average Bonchev–Trinajstić information content (AvgIpc) is 2.75. The zero-order valence-electron chi connectivity index (χ0n) is 11.3. The molecule has 7 heteroatoms. The Morgan fingerprint density at radius 1 is 1.53 bits per heavy atom. The van der Waals surface area contributed by atoms with E-state index in [9.17, 15) is 9.59 Å². The molecule has 0 aliphatic carbocycles. The van der Waals surface area contributed by atoms with Crippen LogP contribution in [-0.4, -0.2) is 34.6 Å². The van der Waals surface area contributed by atoms with Gasteiger partial charge in [-0.25, -0.2) is 9.78 Å². The first-order valence-corrected chi connectivity index (χ1v) is 6.81. The topological polar surface area (TPSA) is 105 Å². The standard InChI is InChI=1S/C12H19N3O3S/c1-12(2,3)9(13)10(16)14-5-4-8-15-7(6-19-8)11(17)18/h6,9H,4-5,13H2,1-3H3,(H,14,16)(H,17,18). The number of carboxylic acids is 1. The molecule has 19 heavy (non-hydrogen) atoms. The summed E-state index contributed by atoms with van der Waals surface area (Å²) in [7, 11) is 0. The molecule has 1 aromatic heterocycles. The normalized spacial score (nSPS) is 13.1. The lowest BCUT2D eigenvalue weighted by Crippen LogP contribution is -2.48. The highest BCUT2D eigenvalue weighted by Gasteiger charge is 2.27. The Morgan fingerprint density at radius 2 is 2.16 bits per heavy atom. The Morgan fingerprint density at radius 3 is 2.63 bits per heavy atom. The molecule has 106 valence electrons. The summed E-state index contributed by atoms with van der Waals surface area (Å²) < 4.78 is 0. The summed E-state index contributed by atoms with van der Waals surface area (Å²) >= 11 is 1.27. The van der Waals surface area contributed by atoms with Crippen LogP contribution in [0.1, 0.15) is 36.3 Å². The van der Waals surface area contributed by atoms with Gasteiger partial charge in [-0.3, -0.25) is 4.79 Å². The first-order chi connectivity index (χ1) is 8.71. The van der Waals surface area contributed by atoms with Crippen molar-refractivity contribution in [2.75, 3.05) is 6.54 Å². The number of carbonyl (C=O) groups excluding carboxylic acids is 1. The third kappa shape index (κ3) is 4.60. The molecule has 4 N–H and O–H groups in total. The van der Waals surface area contributed by atoms with E-state index in [1.165, 1.54) is 16.7 Å². The van der Waals surface area contributed by atoms with Gasteiger partial charge in [-0.15, -0.1) is 11.3 Å². The minimum absolute atomic E-state index is 0.0396. The molecule has 1 heterocycles. The number of carbonyl (C=O) groups is 2. The van der Waals surface area contributed by atoms with Gasteiger partial charge < -0.3 is 16.2 Å². The van der Waals surface area contributed by atoms with E-state index < -0.39 is 12.0 Å². The molecule has 0 saturated carbocycles. The summed E-state index contributed by atoms with van der Waals surface area (Å²) in [5.41, 5.74) is 5.56. The smallest absolute Gasteiger partial charge is 0.355 e. The molecule has 0 radical (unpaired) electrons. The zero-order chi connectivity index (χ0) is 14.6. The van der Waals surface area contributed by atoms with E-state index in [-0.39, 0.29) is 17.0 Å². The van der Waals surface area contributed by atoms with Crippen molar-refractivity contribution >= 4 is 23.2 Å². The first kappa shape index (κ1) is 15.6. The fraction of sp³-hybridized carbons (Fsp3) is 0.583. The Bertz CT molecular complexity index is 465. The number of aromatic nitrogens is 1. The van der Waals surface area contributed by atoms with Crippen LogP contribution < -0.4 is 11.1 Å². The highest BCUT2D eigenvalue weighted by atomic mass is 32.1. The summed E-state index contributed by atoms with van der Waals surface area (Å²) in [4.78, 5) is 26.3. The Kier molecular flexibility index (Phi) is 5.02. The highest BCUT2D eigenvalue weighted by molar-refractivity contribution is 7.09. The van der Waals surface area contributed by atoms with E-state index in [1.807, 2.05) is 20.8 Å². The molecule has 0 aliphatic heterocycles. The first-order valence-electron chi connectivity index (χ1n) is 5.93. The maximum atomic E-state index is 11.7. The van der Waals surface area contributed by atoms with Crippen molar-refractivity contribution in [3.8, 4) is 0 Å². The van der Waals surface area contributed by atoms with Crippen molar-refractivity contribution in [3.63, 3.8) is 0 Å². The number of hydrogen-bond donors (Lipinski definition) is 3. The predicted molar refractivity (Wildman–Crippen MR) is 73.2 cm³/mol. The fourth-order valence-electron chi connectivity index (χ4n) is 1.32. The van der Waals surface area contributed by atoms with Crippen LogP contribution in [0.5, 0.6) is 0 Å². The Balaban J connectivity index is 2.42. The van der Waals surface area contributed by atoms with Crippen LogP contribution in [0.15, 0.2) is 5.38 Å². The largest absolute Gasteiger partial charge is 0.476 e. The number of aromatic carboxylic acids is 1. The van der Waals surface area contributed by atoms with Crippen molar-refractivity contribution in [2.24, 2.45) is 11.1 Å². The molecule has 1 atom stereocenters. The van der Waals surface area contributed by atoms with Crippen LogP contribution in [0.4, 0.5) is 0 Å². The molecule has 0 aliphatic rings. The van der Waals surface area contributed by atoms with E-state index in [0.29, 0.717) is 18.0 Å². The van der Waals surface area contributed by atoms with Crippen LogP contribution in [0.3, 0.4) is 0 Å². The minimum atomic E-state index is -1.04. The van der Waals surface area contributed by atoms with Crippen molar-refractivity contribution in [2.45, 2.75) is 33.2 Å². The second-order valence-corrected chi connectivity index (χ2v) is 6.26. The number of hydrogen-bond acceptors (Lipinski definition) is 5. The number of nitrogens with two attached hydrogens (primary N) is 1. The molecule has 0 spiro atoms. The molecule has 0 bridgehead atoms. The van der Waals surface area contributed by atoms with Crippen LogP contribution in [0.2, 0.25) is 0 Å². The molecule has 1 unspecified atom stereocenters. The lowest BCUT2D eigenvalue weighted by atomic mass is 9.87. The molecule has 0 aromatic carbocycles. The van der Waals surface area contributed by atoms with Gasteiger partial charge in [0.15, 0.2) is 5.69 Å². The third-order valence-corrected chi connectivity index (χ3v) is 3.53. The molecular weight excluding hydrogens is 266 g/mol. The van der Waals surface area contributed by atoms with Gasteiger partial charge >= 0.3 is 5.97 Å². The molecule has 1 rings (SSSR count). The lowest BCUT2D eigenvalue weighted by Gasteiger charge is -2.25. The van der Waals surface area contributed by atoms with E-state index in [4.69, 9.17) is 10.8 Å². The zero-order valence-corrected chi connectivity index (χ0v) is 12.1. The van der Waals surface area contributed by atoms with Crippen molar-refractivity contribution in [3.05, 3.63) is 16.1 Å². The predicted octanol–water partition coefficient (Wildman–Crippen LogP) is 0.873. The van der Waals surface area contributed by atoms with Gasteiger partial charge in [0, 0.05) is 18.3 Å².